The van der Waals surface area contributed by atoms with Gasteiger partial charge in [-0.05, 0) is 54.6 Å². The Morgan fingerprint density at radius 1 is 0.545 bits per heavy atom. The minimum absolute atomic E-state index is 0.0390. The lowest BCUT2D eigenvalue weighted by atomic mass is 10.2. The Balaban J connectivity index is 1.91. The Labute approximate surface area is 377 Å². The molecule has 0 aliphatic heterocycles. The molecule has 0 heterocycles. The minimum Gasteiger partial charge on any atom is -0.497 e. The molecule has 0 unspecified atom stereocenters. The highest BCUT2D eigenvalue weighted by Gasteiger charge is 2.26. The zero-order valence-corrected chi connectivity index (χ0v) is 38.2. The van der Waals surface area contributed by atoms with E-state index in [1.54, 1.807) is 0 Å². The fourth-order valence-corrected chi connectivity index (χ4v) is 9.85. The van der Waals surface area contributed by atoms with E-state index >= 15 is 0 Å². The lowest BCUT2D eigenvalue weighted by molar-refractivity contribution is -0.434. The number of sulfone groups is 2. The summed E-state index contributed by atoms with van der Waals surface area (Å²) >= 11 is 0.0592. The highest BCUT2D eigenvalue weighted by atomic mass is 32.3. The molecule has 4 aromatic carbocycles. The van der Waals surface area contributed by atoms with Crippen LogP contribution >= 0.6 is 12.3 Å². The number of azo groups is 3. The highest BCUT2D eigenvalue weighted by molar-refractivity contribution is 7.92. The van der Waals surface area contributed by atoms with Gasteiger partial charge < -0.3 is 16.2 Å². The van der Waals surface area contributed by atoms with Crippen molar-refractivity contribution in [1.29, 1.82) is 0 Å². The molecule has 0 saturated carbocycles. The number of nitrogens with two attached hydrogens (primary N) is 2. The van der Waals surface area contributed by atoms with Gasteiger partial charge in [0.1, 0.15) is 54.6 Å². The maximum Gasteiger partial charge on any atom is 0.397 e. The molecular weight excluding hydrogens is 1040 g/mol. The van der Waals surface area contributed by atoms with Gasteiger partial charge in [-0.3, -0.25) is 22.4 Å². The zero-order valence-electron chi connectivity index (χ0n) is 32.5. The SMILES string of the molecule is COc1ccc(/N=N/c2cc(/N=N/c3ccc(S(=O)(=O)CCOSOOO)cc3S(=O)(=O)O)c(N)c(/N=N/c3ccc(S(=O)(=O)CCOS(=O)(=O)O)cc3S(=O)(=O)O)c2N)c(S(=O)(=O)O)c1. The van der Waals surface area contributed by atoms with Crippen LogP contribution in [0.2, 0.25) is 0 Å². The summed E-state index contributed by atoms with van der Waals surface area (Å²) < 4.78 is 203. The maximum absolute atomic E-state index is 12.9. The molecule has 0 atom stereocenters. The number of hydrogen-bond donors (Lipinski definition) is 7. The molecule has 66 heavy (non-hydrogen) atoms. The Hall–Kier alpha value is -5.23. The molecule has 0 bridgehead atoms. The third kappa shape index (κ3) is 14.4. The van der Waals surface area contributed by atoms with E-state index in [0.29, 0.717) is 18.2 Å². The third-order valence-electron chi connectivity index (χ3n) is 7.83. The molecule has 30 nitrogen and oxygen atoms in total. The number of nitrogens with zero attached hydrogens (tertiary/aromatic N) is 6. The lowest BCUT2D eigenvalue weighted by Crippen LogP contribution is -2.16. The standard InChI is InChI=1S/C29H30N8O22S7/c1-55-16-2-5-19(24(12-16)63(43,44)45)32-35-22-15-23(36-33-20-6-3-17(13-25(20)64(46,47)48)61(39,40)10-8-56-60-59-58-38)28(31)29(27(22)30)37-34-21-7-4-18(14-26(21)65(49,50)51)62(41,42)11-9-57-66(52,53)54/h2-7,12-15,38H,8-11,30-31H2,1H3,(H,43,44,45)(H,46,47,48)(H,49,50,51)(H,52,53,54)/b35-32+,36-33+,37-34+. The molecular formula is C29H30N8O22S7. The number of ether oxygens (including phenoxy) is 1. The zero-order chi connectivity index (χ0) is 49.5. The number of anilines is 2. The van der Waals surface area contributed by atoms with E-state index in [-0.39, 0.29) is 18.1 Å². The van der Waals surface area contributed by atoms with E-state index in [1.807, 2.05) is 0 Å². The van der Waals surface area contributed by atoms with Gasteiger partial charge in [-0.15, -0.1) is 35.0 Å². The minimum atomic E-state index is -5.36. The van der Waals surface area contributed by atoms with Crippen molar-refractivity contribution in [3.05, 3.63) is 60.7 Å². The van der Waals surface area contributed by atoms with Crippen molar-refractivity contribution in [1.82, 2.24) is 0 Å². The summed E-state index contributed by atoms with van der Waals surface area (Å²) in [5.74, 6) is -1.94. The predicted molar refractivity (Wildman–Crippen MR) is 223 cm³/mol. The van der Waals surface area contributed by atoms with Crippen LogP contribution in [0.1, 0.15) is 0 Å². The van der Waals surface area contributed by atoms with Crippen molar-refractivity contribution in [3.8, 4) is 5.75 Å². The first-order chi connectivity index (χ1) is 30.5. The fourth-order valence-electron chi connectivity index (χ4n) is 4.82. The lowest BCUT2D eigenvalue weighted by Gasteiger charge is -2.11. The summed E-state index contributed by atoms with van der Waals surface area (Å²) in [4.78, 5) is -4.60. The van der Waals surface area contributed by atoms with Gasteiger partial charge in [-0.25, -0.2) is 26.3 Å². The molecule has 9 N–H and O–H groups in total. The molecule has 37 heteroatoms. The van der Waals surface area contributed by atoms with Crippen molar-refractivity contribution in [2.24, 2.45) is 30.7 Å². The summed E-state index contributed by atoms with van der Waals surface area (Å²) in [6.45, 7) is -1.68. The molecule has 4 rings (SSSR count). The van der Waals surface area contributed by atoms with E-state index in [4.69, 9.17) is 30.2 Å². The molecule has 0 radical (unpaired) electrons. The number of benzene rings is 4. The highest BCUT2D eigenvalue weighted by Crippen LogP contribution is 2.46. The number of nitrogen functional groups attached to an aromatic ring is 2. The molecule has 0 aliphatic rings. The van der Waals surface area contributed by atoms with Gasteiger partial charge in [-0.2, -0.15) is 33.7 Å². The van der Waals surface area contributed by atoms with Gasteiger partial charge in [-0.1, -0.05) is 5.04 Å². The van der Waals surface area contributed by atoms with E-state index in [2.05, 4.69) is 44.2 Å². The molecule has 0 fully saturated rings. The molecule has 0 amide bonds. The van der Waals surface area contributed by atoms with E-state index in [9.17, 15) is 64.2 Å². The molecule has 0 aliphatic carbocycles. The monoisotopic (exact) mass is 1070 g/mol. The summed E-state index contributed by atoms with van der Waals surface area (Å²) in [6, 6.07) is 8.12. The Morgan fingerprint density at radius 3 is 1.38 bits per heavy atom. The van der Waals surface area contributed by atoms with Crippen LogP contribution in [0.5, 0.6) is 5.75 Å². The molecule has 0 aromatic heterocycles. The van der Waals surface area contributed by atoms with Crippen LogP contribution in [0.3, 0.4) is 0 Å². The van der Waals surface area contributed by atoms with Crippen LogP contribution in [0.25, 0.3) is 0 Å². The molecule has 4 aromatic rings. The second kappa shape index (κ2) is 21.2. The maximum atomic E-state index is 12.9. The average molecular weight is 1070 g/mol. The summed E-state index contributed by atoms with van der Waals surface area (Å²) in [5.41, 5.74) is 7.51. The van der Waals surface area contributed by atoms with E-state index < -0.39 is 155 Å². The van der Waals surface area contributed by atoms with Crippen molar-refractivity contribution < 1.29 is 96.5 Å². The second-order valence-electron chi connectivity index (χ2n) is 12.1. The summed E-state index contributed by atoms with van der Waals surface area (Å²) in [5, 5.41) is 34.1. The third-order valence-corrected chi connectivity index (χ3v) is 14.7. The number of hydrogen-bond acceptors (Lipinski definition) is 27. The topological polar surface area (TPSA) is 478 Å². The smallest absolute Gasteiger partial charge is 0.397 e. The van der Waals surface area contributed by atoms with Gasteiger partial charge in [0, 0.05) is 6.07 Å². The van der Waals surface area contributed by atoms with Crippen molar-refractivity contribution in [2.45, 2.75) is 24.5 Å². The fraction of sp³-hybridized carbons (Fsp3) is 0.172. The first kappa shape index (κ1) is 53.4. The quantitative estimate of drug-likeness (QED) is 0.0110. The largest absolute Gasteiger partial charge is 0.497 e. The summed E-state index contributed by atoms with van der Waals surface area (Å²) in [6.07, 6.45) is 0. The number of methoxy groups -OCH3 is 1. The van der Waals surface area contributed by atoms with Crippen molar-refractivity contribution in [3.63, 3.8) is 0 Å². The van der Waals surface area contributed by atoms with Gasteiger partial charge in [0.2, 0.25) is 0 Å². The first-order valence-corrected chi connectivity index (χ1v) is 26.3. The summed E-state index contributed by atoms with van der Waals surface area (Å²) in [7, 11) is -28.4. The van der Waals surface area contributed by atoms with Crippen LogP contribution < -0.4 is 16.2 Å². The van der Waals surface area contributed by atoms with Crippen LogP contribution in [-0.2, 0) is 78.2 Å². The Kier molecular flexibility index (Phi) is 17.1. The normalized spacial score (nSPS) is 13.3. The van der Waals surface area contributed by atoms with Crippen LogP contribution in [0.15, 0.2) is 116 Å². The number of rotatable bonds is 22. The van der Waals surface area contributed by atoms with Gasteiger partial charge in [0.25, 0.3) is 30.4 Å². The average Bonchev–Trinajstić information content (AvgIpc) is 3.21. The van der Waals surface area contributed by atoms with Gasteiger partial charge in [0.05, 0.1) is 53.0 Å². The second-order valence-corrected chi connectivity index (χ2v) is 22.1. The van der Waals surface area contributed by atoms with Crippen molar-refractivity contribution in [2.75, 3.05) is 43.3 Å². The Morgan fingerprint density at radius 2 is 0.955 bits per heavy atom. The van der Waals surface area contributed by atoms with E-state index in [1.165, 1.54) is 13.2 Å². The van der Waals surface area contributed by atoms with Gasteiger partial charge in [0.15, 0.2) is 32.0 Å². The van der Waals surface area contributed by atoms with Crippen LogP contribution in [0.4, 0.5) is 45.5 Å². The molecule has 360 valence electrons. The Bertz CT molecular complexity index is 3300. The van der Waals surface area contributed by atoms with E-state index in [0.717, 1.165) is 36.4 Å². The first-order valence-electron chi connectivity index (χ1n) is 16.7. The predicted octanol–water partition coefficient (Wildman–Crippen LogP) is 4.21. The molecule has 0 spiro atoms. The van der Waals surface area contributed by atoms with Gasteiger partial charge >= 0.3 is 10.4 Å². The molecule has 0 saturated heterocycles. The van der Waals surface area contributed by atoms with Crippen LogP contribution in [-0.4, -0.2) is 106 Å². The van der Waals surface area contributed by atoms with Crippen LogP contribution in [0, 0.1) is 0 Å². The van der Waals surface area contributed by atoms with Crippen molar-refractivity contribution >= 4 is 118 Å².